The molecule has 21 heavy (non-hydrogen) atoms. The fourth-order valence-corrected chi connectivity index (χ4v) is 2.72. The van der Waals surface area contributed by atoms with E-state index in [0.29, 0.717) is 6.07 Å². The molecule has 0 unspecified atom stereocenters. The summed E-state index contributed by atoms with van der Waals surface area (Å²) in [4.78, 5) is 12.8. The summed E-state index contributed by atoms with van der Waals surface area (Å²) in [6, 6.07) is 4.91. The number of anilines is 1. The third kappa shape index (κ3) is 3.44. The number of halogens is 2. The highest BCUT2D eigenvalue weighted by atomic mass is 35.5. The Labute approximate surface area is 123 Å². The molecule has 7 nitrogen and oxygen atoms in total. The van der Waals surface area contributed by atoms with Crippen molar-refractivity contribution in [2.75, 3.05) is 4.72 Å². The second-order valence-electron chi connectivity index (χ2n) is 3.84. The number of pyridine rings is 1. The van der Waals surface area contributed by atoms with Gasteiger partial charge in [0.05, 0.1) is 15.5 Å². The predicted molar refractivity (Wildman–Crippen MR) is 73.1 cm³/mol. The number of rotatable bonds is 4. The van der Waals surface area contributed by atoms with Crippen molar-refractivity contribution in [3.63, 3.8) is 0 Å². The van der Waals surface area contributed by atoms with Gasteiger partial charge in [0.25, 0.3) is 10.0 Å². The minimum Gasteiger partial charge on any atom is -0.279 e. The SMILES string of the molecule is O=[N+]([O-])c1ccc(S(=O)(=O)Nc2ccnc(Cl)c2)cc1F. The van der Waals surface area contributed by atoms with Gasteiger partial charge >= 0.3 is 5.69 Å². The van der Waals surface area contributed by atoms with Crippen LogP contribution < -0.4 is 4.72 Å². The summed E-state index contributed by atoms with van der Waals surface area (Å²) in [6.45, 7) is 0. The van der Waals surface area contributed by atoms with E-state index in [-0.39, 0.29) is 10.8 Å². The highest BCUT2D eigenvalue weighted by Crippen LogP contribution is 2.23. The first-order chi connectivity index (χ1) is 9.79. The quantitative estimate of drug-likeness (QED) is 0.527. The van der Waals surface area contributed by atoms with Crippen molar-refractivity contribution >= 4 is 33.0 Å². The molecule has 0 aliphatic carbocycles. The molecule has 0 saturated heterocycles. The maximum atomic E-state index is 13.5. The molecular formula is C11H7ClFN3O4S. The Morgan fingerprint density at radius 3 is 2.57 bits per heavy atom. The van der Waals surface area contributed by atoms with Crippen molar-refractivity contribution < 1.29 is 17.7 Å². The summed E-state index contributed by atoms with van der Waals surface area (Å²) in [5.41, 5.74) is -0.672. The van der Waals surface area contributed by atoms with Gasteiger partial charge in [-0.2, -0.15) is 4.39 Å². The van der Waals surface area contributed by atoms with Gasteiger partial charge in [-0.3, -0.25) is 14.8 Å². The average molecular weight is 332 g/mol. The van der Waals surface area contributed by atoms with Crippen LogP contribution in [0.5, 0.6) is 0 Å². The van der Waals surface area contributed by atoms with E-state index in [4.69, 9.17) is 11.6 Å². The Morgan fingerprint density at radius 2 is 2.00 bits per heavy atom. The molecule has 10 heteroatoms. The molecule has 110 valence electrons. The van der Waals surface area contributed by atoms with Gasteiger partial charge in [0.15, 0.2) is 0 Å². The highest BCUT2D eigenvalue weighted by Gasteiger charge is 2.20. The largest absolute Gasteiger partial charge is 0.304 e. The number of aromatic nitrogens is 1. The van der Waals surface area contributed by atoms with E-state index < -0.39 is 31.3 Å². The number of benzene rings is 1. The molecule has 1 heterocycles. The Morgan fingerprint density at radius 1 is 1.29 bits per heavy atom. The van der Waals surface area contributed by atoms with E-state index in [1.807, 2.05) is 0 Å². The maximum absolute atomic E-state index is 13.5. The van der Waals surface area contributed by atoms with E-state index in [0.717, 1.165) is 12.1 Å². The molecule has 1 aromatic carbocycles. The van der Waals surface area contributed by atoms with E-state index in [9.17, 15) is 22.9 Å². The molecule has 0 fully saturated rings. The predicted octanol–water partition coefficient (Wildman–Crippen LogP) is 2.58. The Hall–Kier alpha value is -2.26. The summed E-state index contributed by atoms with van der Waals surface area (Å²) in [7, 11) is -4.09. The fraction of sp³-hybridized carbons (Fsp3) is 0. The van der Waals surface area contributed by atoms with Gasteiger partial charge in [-0.15, -0.1) is 0 Å². The molecule has 2 aromatic rings. The third-order valence-corrected chi connectivity index (χ3v) is 3.99. The normalized spacial score (nSPS) is 11.1. The summed E-state index contributed by atoms with van der Waals surface area (Å²) in [6.07, 6.45) is 1.29. The Balaban J connectivity index is 2.36. The van der Waals surface area contributed by atoms with Crippen LogP contribution in [0, 0.1) is 15.9 Å². The molecule has 0 saturated carbocycles. The second kappa shape index (κ2) is 5.62. The van der Waals surface area contributed by atoms with Crippen molar-refractivity contribution in [2.45, 2.75) is 4.90 Å². The topological polar surface area (TPSA) is 102 Å². The number of hydrogen-bond donors (Lipinski definition) is 1. The summed E-state index contributed by atoms with van der Waals surface area (Å²) >= 11 is 5.62. The summed E-state index contributed by atoms with van der Waals surface area (Å²) in [5, 5.41) is 10.6. The van der Waals surface area contributed by atoms with Crippen LogP contribution in [0.2, 0.25) is 5.15 Å². The zero-order valence-corrected chi connectivity index (χ0v) is 11.7. The number of sulfonamides is 1. The first-order valence-electron chi connectivity index (χ1n) is 5.38. The fourth-order valence-electron chi connectivity index (χ4n) is 1.48. The first kappa shape index (κ1) is 15.1. The van der Waals surface area contributed by atoms with E-state index in [1.165, 1.54) is 18.3 Å². The molecule has 0 amide bonds. The highest BCUT2D eigenvalue weighted by molar-refractivity contribution is 7.92. The van der Waals surface area contributed by atoms with Crippen molar-refractivity contribution in [3.05, 3.63) is 57.6 Å². The first-order valence-corrected chi connectivity index (χ1v) is 7.24. The smallest absolute Gasteiger partial charge is 0.279 e. The van der Waals surface area contributed by atoms with Gasteiger partial charge in [0.2, 0.25) is 5.82 Å². The Kier molecular flexibility index (Phi) is 4.05. The number of nitro benzene ring substituents is 1. The van der Waals surface area contributed by atoms with E-state index in [1.54, 1.807) is 0 Å². The average Bonchev–Trinajstić information content (AvgIpc) is 2.37. The van der Waals surface area contributed by atoms with Crippen LogP contribution in [0.25, 0.3) is 0 Å². The maximum Gasteiger partial charge on any atom is 0.304 e. The second-order valence-corrected chi connectivity index (χ2v) is 5.91. The molecule has 0 aliphatic rings. The minimum atomic E-state index is -4.09. The molecule has 0 spiro atoms. The zero-order chi connectivity index (χ0) is 15.6. The lowest BCUT2D eigenvalue weighted by atomic mass is 10.3. The Bertz CT molecular complexity index is 813. The van der Waals surface area contributed by atoms with Crippen LogP contribution in [0.1, 0.15) is 0 Å². The van der Waals surface area contributed by atoms with Crippen LogP contribution in [0.3, 0.4) is 0 Å². The molecule has 0 aliphatic heterocycles. The lowest BCUT2D eigenvalue weighted by Crippen LogP contribution is -2.13. The summed E-state index contributed by atoms with van der Waals surface area (Å²) < 4.78 is 39.7. The van der Waals surface area contributed by atoms with Gasteiger partial charge in [-0.25, -0.2) is 13.4 Å². The van der Waals surface area contributed by atoms with E-state index in [2.05, 4.69) is 9.71 Å². The van der Waals surface area contributed by atoms with Crippen molar-refractivity contribution in [2.24, 2.45) is 0 Å². The number of nitrogens with zero attached hydrogens (tertiary/aromatic N) is 2. The van der Waals surface area contributed by atoms with Gasteiger partial charge < -0.3 is 0 Å². The molecular weight excluding hydrogens is 325 g/mol. The van der Waals surface area contributed by atoms with Crippen molar-refractivity contribution in [1.82, 2.24) is 4.98 Å². The third-order valence-electron chi connectivity index (χ3n) is 2.40. The van der Waals surface area contributed by atoms with Crippen LogP contribution in [-0.4, -0.2) is 18.3 Å². The van der Waals surface area contributed by atoms with Gasteiger partial charge in [0.1, 0.15) is 5.15 Å². The summed E-state index contributed by atoms with van der Waals surface area (Å²) in [5.74, 6) is -1.24. The number of nitro groups is 1. The van der Waals surface area contributed by atoms with E-state index >= 15 is 0 Å². The van der Waals surface area contributed by atoms with Gasteiger partial charge in [-0.05, 0) is 18.2 Å². The van der Waals surface area contributed by atoms with Crippen LogP contribution in [0.4, 0.5) is 15.8 Å². The van der Waals surface area contributed by atoms with Crippen LogP contribution in [-0.2, 0) is 10.0 Å². The van der Waals surface area contributed by atoms with Gasteiger partial charge in [-0.1, -0.05) is 11.6 Å². The standard InChI is InChI=1S/C11H7ClFN3O4S/c12-11-5-7(3-4-14-11)15-21(19,20)8-1-2-10(16(17)18)9(13)6-8/h1-6H,(H,14,15). The van der Waals surface area contributed by atoms with Gasteiger partial charge in [0, 0.05) is 18.3 Å². The molecule has 0 atom stereocenters. The number of nitrogens with one attached hydrogen (secondary N) is 1. The lowest BCUT2D eigenvalue weighted by molar-refractivity contribution is -0.387. The minimum absolute atomic E-state index is 0.0741. The van der Waals surface area contributed by atoms with Crippen LogP contribution in [0.15, 0.2) is 41.4 Å². The molecule has 1 N–H and O–H groups in total. The zero-order valence-electron chi connectivity index (χ0n) is 10.2. The molecule has 0 radical (unpaired) electrons. The van der Waals surface area contributed by atoms with Crippen molar-refractivity contribution in [3.8, 4) is 0 Å². The van der Waals surface area contributed by atoms with Crippen molar-refractivity contribution in [1.29, 1.82) is 0 Å². The molecule has 0 bridgehead atoms. The monoisotopic (exact) mass is 331 g/mol. The lowest BCUT2D eigenvalue weighted by Gasteiger charge is -2.08. The van der Waals surface area contributed by atoms with Crippen LogP contribution >= 0.6 is 11.6 Å². The molecule has 1 aromatic heterocycles. The number of hydrogen-bond acceptors (Lipinski definition) is 5. The molecule has 2 rings (SSSR count).